The van der Waals surface area contributed by atoms with Gasteiger partial charge in [-0.05, 0) is 37.0 Å². The number of rotatable bonds is 2. The zero-order chi connectivity index (χ0) is 14.8. The van der Waals surface area contributed by atoms with E-state index in [4.69, 9.17) is 0 Å². The second kappa shape index (κ2) is 4.07. The van der Waals surface area contributed by atoms with Crippen molar-refractivity contribution in [2.75, 3.05) is 6.54 Å². The summed E-state index contributed by atoms with van der Waals surface area (Å²) in [5.41, 5.74) is 0.320. The van der Waals surface area contributed by atoms with E-state index in [1.807, 2.05) is 0 Å². The Kier molecular flexibility index (Phi) is 2.86. The van der Waals surface area contributed by atoms with Crippen molar-refractivity contribution < 1.29 is 8.42 Å². The van der Waals surface area contributed by atoms with Gasteiger partial charge in [-0.2, -0.15) is 4.31 Å². The second-order valence-electron chi connectivity index (χ2n) is 7.60. The fourth-order valence-electron chi connectivity index (χ4n) is 4.34. The van der Waals surface area contributed by atoms with Crippen LogP contribution < -0.4 is 0 Å². The minimum absolute atomic E-state index is 0.106. The Hall–Kier alpha value is -0.880. The monoisotopic (exact) mass is 297 g/mol. The Morgan fingerprint density at radius 2 is 2.05 bits per heavy atom. The fourth-order valence-corrected chi connectivity index (χ4v) is 6.08. The summed E-state index contributed by atoms with van der Waals surface area (Å²) in [5.74, 6) is 0.636. The highest BCUT2D eigenvalue weighted by Crippen LogP contribution is 2.53. The van der Waals surface area contributed by atoms with Crippen LogP contribution in [0.15, 0.2) is 11.2 Å². The van der Waals surface area contributed by atoms with Gasteiger partial charge in [0, 0.05) is 12.6 Å². The Bertz CT molecular complexity index is 635. The molecule has 1 aromatic rings. The first-order chi connectivity index (χ1) is 9.11. The van der Waals surface area contributed by atoms with E-state index in [0.717, 1.165) is 19.3 Å². The quantitative estimate of drug-likeness (QED) is 0.911. The molecule has 6 heteroatoms. The molecule has 2 fully saturated rings. The third kappa shape index (κ3) is 2.19. The smallest absolute Gasteiger partial charge is 0.260 e. The lowest BCUT2D eigenvalue weighted by Gasteiger charge is -2.39. The normalized spacial score (nSPS) is 33.5. The number of aryl methyl sites for hydroxylation is 1. The van der Waals surface area contributed by atoms with E-state index in [0.29, 0.717) is 12.4 Å². The highest BCUT2D eigenvalue weighted by Gasteiger charge is 2.53. The Labute approximate surface area is 120 Å². The van der Waals surface area contributed by atoms with Crippen molar-refractivity contribution in [3.8, 4) is 0 Å². The van der Waals surface area contributed by atoms with Crippen molar-refractivity contribution in [3.63, 3.8) is 0 Å². The summed E-state index contributed by atoms with van der Waals surface area (Å²) in [6.45, 7) is 9.10. The van der Waals surface area contributed by atoms with Gasteiger partial charge in [-0.3, -0.25) is 0 Å². The van der Waals surface area contributed by atoms with E-state index in [9.17, 15) is 8.42 Å². The van der Waals surface area contributed by atoms with Crippen LogP contribution in [0.3, 0.4) is 0 Å². The molecule has 0 aromatic carbocycles. The van der Waals surface area contributed by atoms with Crippen LogP contribution in [-0.4, -0.2) is 35.3 Å². The van der Waals surface area contributed by atoms with Crippen molar-refractivity contribution in [1.29, 1.82) is 0 Å². The van der Waals surface area contributed by atoms with Crippen LogP contribution in [-0.2, 0) is 10.0 Å². The first-order valence-electron chi connectivity index (χ1n) is 7.15. The van der Waals surface area contributed by atoms with Gasteiger partial charge in [-0.1, -0.05) is 20.8 Å². The summed E-state index contributed by atoms with van der Waals surface area (Å²) in [7, 11) is -3.45. The van der Waals surface area contributed by atoms with Crippen LogP contribution in [0, 0.1) is 17.8 Å². The van der Waals surface area contributed by atoms with Crippen molar-refractivity contribution in [1.82, 2.24) is 14.3 Å². The molecular formula is C14H23N3O2S. The summed E-state index contributed by atoms with van der Waals surface area (Å²) in [4.78, 5) is 6.89. The number of aromatic nitrogens is 2. The molecular weight excluding hydrogens is 274 g/mol. The summed E-state index contributed by atoms with van der Waals surface area (Å²) in [6.07, 6.45) is 4.43. The second-order valence-corrected chi connectivity index (χ2v) is 9.46. The van der Waals surface area contributed by atoms with Crippen LogP contribution in [0.5, 0.6) is 0 Å². The maximum absolute atomic E-state index is 12.8. The molecule has 0 radical (unpaired) electrons. The molecule has 20 heavy (non-hydrogen) atoms. The standard InChI is InChI=1S/C14H23N3O2S/c1-10-15-7-12(16-10)20(18,19)17-9-14(4)6-11(17)5-13(2,3)8-14/h7,11H,5-6,8-9H2,1-4H3,(H,15,16). The van der Waals surface area contributed by atoms with Gasteiger partial charge < -0.3 is 4.98 Å². The summed E-state index contributed by atoms with van der Waals surface area (Å²) in [6, 6.07) is 0.123. The summed E-state index contributed by atoms with van der Waals surface area (Å²) >= 11 is 0. The van der Waals surface area contributed by atoms with Crippen LogP contribution in [0.1, 0.15) is 45.9 Å². The fraction of sp³-hybridized carbons (Fsp3) is 0.786. The molecule has 112 valence electrons. The van der Waals surface area contributed by atoms with Crippen molar-refractivity contribution in [2.24, 2.45) is 10.8 Å². The number of hydrogen-bond donors (Lipinski definition) is 1. The molecule has 1 aromatic heterocycles. The first kappa shape index (κ1) is 14.1. The molecule has 2 atom stereocenters. The molecule has 5 nitrogen and oxygen atoms in total. The van der Waals surface area contributed by atoms with Crippen LogP contribution in [0.2, 0.25) is 0 Å². The lowest BCUT2D eigenvalue weighted by Crippen LogP contribution is -2.37. The van der Waals surface area contributed by atoms with Gasteiger partial charge in [0.1, 0.15) is 5.82 Å². The molecule has 1 N–H and O–H groups in total. The van der Waals surface area contributed by atoms with Crippen molar-refractivity contribution in [3.05, 3.63) is 12.0 Å². The average Bonchev–Trinajstić information content (AvgIpc) is 2.79. The number of nitrogens with one attached hydrogen (secondary N) is 1. The highest BCUT2D eigenvalue weighted by atomic mass is 32.2. The topological polar surface area (TPSA) is 66.1 Å². The van der Waals surface area contributed by atoms with E-state index < -0.39 is 10.0 Å². The van der Waals surface area contributed by atoms with Gasteiger partial charge in [-0.25, -0.2) is 13.4 Å². The van der Waals surface area contributed by atoms with Crippen LogP contribution in [0.4, 0.5) is 0 Å². The molecule has 2 unspecified atom stereocenters. The highest BCUT2D eigenvalue weighted by molar-refractivity contribution is 7.89. The van der Waals surface area contributed by atoms with Crippen LogP contribution >= 0.6 is 0 Å². The van der Waals surface area contributed by atoms with Gasteiger partial charge in [0.2, 0.25) is 0 Å². The molecule has 0 amide bonds. The maximum Gasteiger partial charge on any atom is 0.260 e. The Morgan fingerprint density at radius 1 is 1.35 bits per heavy atom. The number of fused-ring (bicyclic) bond motifs is 2. The third-order valence-electron chi connectivity index (χ3n) is 4.63. The predicted molar refractivity (Wildman–Crippen MR) is 76.7 cm³/mol. The zero-order valence-electron chi connectivity index (χ0n) is 12.6. The number of hydrogen-bond acceptors (Lipinski definition) is 3. The van der Waals surface area contributed by atoms with Crippen LogP contribution in [0.25, 0.3) is 0 Å². The van der Waals surface area contributed by atoms with Gasteiger partial charge in [0.05, 0.1) is 6.20 Å². The lowest BCUT2D eigenvalue weighted by molar-refractivity contribution is 0.133. The van der Waals surface area contributed by atoms with Crippen molar-refractivity contribution in [2.45, 2.75) is 58.0 Å². The number of H-pyrrole nitrogens is 1. The van der Waals surface area contributed by atoms with E-state index in [-0.39, 0.29) is 21.9 Å². The van der Waals surface area contributed by atoms with E-state index in [2.05, 4.69) is 30.7 Å². The SMILES string of the molecule is Cc1ncc(S(=O)(=O)N2CC3(C)CC2CC(C)(C)C3)[nH]1. The van der Waals surface area contributed by atoms with Crippen molar-refractivity contribution >= 4 is 10.0 Å². The number of sulfonamides is 1. The maximum atomic E-state index is 12.8. The molecule has 3 rings (SSSR count). The zero-order valence-corrected chi connectivity index (χ0v) is 13.4. The molecule has 2 aliphatic rings. The number of imidazole rings is 1. The molecule has 0 spiro atoms. The molecule has 1 aliphatic carbocycles. The molecule has 1 aliphatic heterocycles. The van der Waals surface area contributed by atoms with Gasteiger partial charge in [0.15, 0.2) is 5.03 Å². The predicted octanol–water partition coefficient (Wildman–Crippen LogP) is 2.31. The summed E-state index contributed by atoms with van der Waals surface area (Å²) in [5, 5.41) is 0.226. The van der Waals surface area contributed by atoms with E-state index >= 15 is 0 Å². The van der Waals surface area contributed by atoms with E-state index in [1.54, 1.807) is 11.2 Å². The molecule has 2 bridgehead atoms. The van der Waals surface area contributed by atoms with Gasteiger partial charge >= 0.3 is 0 Å². The Balaban J connectivity index is 1.96. The summed E-state index contributed by atoms with van der Waals surface area (Å²) < 4.78 is 27.3. The third-order valence-corrected chi connectivity index (χ3v) is 6.44. The number of aromatic amines is 1. The molecule has 1 saturated heterocycles. The average molecular weight is 297 g/mol. The Morgan fingerprint density at radius 3 is 2.65 bits per heavy atom. The molecule has 2 heterocycles. The minimum atomic E-state index is -3.45. The lowest BCUT2D eigenvalue weighted by atomic mass is 9.65. The van der Waals surface area contributed by atoms with Gasteiger partial charge in [0.25, 0.3) is 10.0 Å². The van der Waals surface area contributed by atoms with Gasteiger partial charge in [-0.15, -0.1) is 0 Å². The first-order valence-corrected chi connectivity index (χ1v) is 8.59. The largest absolute Gasteiger partial charge is 0.332 e. The number of nitrogens with zero attached hydrogens (tertiary/aromatic N) is 2. The molecule has 1 saturated carbocycles. The van der Waals surface area contributed by atoms with E-state index in [1.165, 1.54) is 6.20 Å². The minimum Gasteiger partial charge on any atom is -0.332 e.